The molecule has 5 heterocycles. The molecule has 11 heteroatoms. The molecule has 194 valence electrons. The first-order chi connectivity index (χ1) is 18.1. The molecule has 2 aliphatic rings. The van der Waals surface area contributed by atoms with Gasteiger partial charge in [0, 0.05) is 32.2 Å². The molecular formula is C26H28FN5O4S. The molecule has 0 radical (unpaired) electrons. The Morgan fingerprint density at radius 1 is 1.24 bits per heavy atom. The minimum atomic E-state index is -0.596. The Hall–Kier alpha value is -3.12. The molecule has 0 spiro atoms. The molecule has 1 amide bonds. The van der Waals surface area contributed by atoms with Crippen LogP contribution in [0.1, 0.15) is 23.2 Å². The zero-order chi connectivity index (χ0) is 25.5. The third-order valence-electron chi connectivity index (χ3n) is 7.28. The number of rotatable bonds is 6. The summed E-state index contributed by atoms with van der Waals surface area (Å²) in [5.74, 6) is -0.907. The number of nitrogens with zero attached hydrogens (tertiary/aromatic N) is 4. The van der Waals surface area contributed by atoms with Gasteiger partial charge in [-0.15, -0.1) is 11.3 Å². The van der Waals surface area contributed by atoms with Gasteiger partial charge in [-0.3, -0.25) is 18.9 Å². The van der Waals surface area contributed by atoms with E-state index in [2.05, 4.69) is 15.2 Å². The highest BCUT2D eigenvalue weighted by atomic mass is 32.1. The fourth-order valence-corrected chi connectivity index (χ4v) is 6.58. The van der Waals surface area contributed by atoms with Gasteiger partial charge < -0.3 is 20.1 Å². The smallest absolute Gasteiger partial charge is 0.258 e. The fourth-order valence-electron chi connectivity index (χ4n) is 5.39. The number of para-hydroxylation sites is 1. The highest BCUT2D eigenvalue weighted by Crippen LogP contribution is 2.32. The van der Waals surface area contributed by atoms with Crippen molar-refractivity contribution in [1.29, 1.82) is 0 Å². The highest BCUT2D eigenvalue weighted by molar-refractivity contribution is 7.24. The molecule has 0 saturated carbocycles. The van der Waals surface area contributed by atoms with Crippen molar-refractivity contribution in [3.8, 4) is 0 Å². The maximum absolute atomic E-state index is 15.3. The van der Waals surface area contributed by atoms with Crippen molar-refractivity contribution < 1.29 is 19.0 Å². The minimum Gasteiger partial charge on any atom is -0.395 e. The van der Waals surface area contributed by atoms with Crippen LogP contribution >= 0.6 is 11.3 Å². The lowest BCUT2D eigenvalue weighted by atomic mass is 10.1. The maximum atomic E-state index is 15.3. The number of hydrogen-bond donors (Lipinski definition) is 2. The van der Waals surface area contributed by atoms with Crippen molar-refractivity contribution in [2.75, 3.05) is 57.4 Å². The number of carbonyl (C=O) groups is 1. The molecule has 4 aromatic rings. The van der Waals surface area contributed by atoms with Crippen LogP contribution in [0.2, 0.25) is 0 Å². The Bertz CT molecular complexity index is 1550. The van der Waals surface area contributed by atoms with Gasteiger partial charge >= 0.3 is 0 Å². The van der Waals surface area contributed by atoms with Crippen LogP contribution in [-0.2, 0) is 4.74 Å². The molecule has 1 atom stereocenters. The quantitative estimate of drug-likeness (QED) is 0.398. The molecule has 0 unspecified atom stereocenters. The molecule has 0 aliphatic carbocycles. The van der Waals surface area contributed by atoms with Gasteiger partial charge in [-0.25, -0.2) is 9.37 Å². The number of benzene rings is 1. The largest absolute Gasteiger partial charge is 0.395 e. The summed E-state index contributed by atoms with van der Waals surface area (Å²) in [6.45, 7) is 3.85. The summed E-state index contributed by atoms with van der Waals surface area (Å²) in [4.78, 5) is 36.2. The fraction of sp³-hybridized carbons (Fsp3) is 0.423. The van der Waals surface area contributed by atoms with Gasteiger partial charge in [0.15, 0.2) is 17.3 Å². The lowest BCUT2D eigenvalue weighted by Crippen LogP contribution is -2.40. The van der Waals surface area contributed by atoms with Gasteiger partial charge in [0.05, 0.1) is 35.4 Å². The van der Waals surface area contributed by atoms with Gasteiger partial charge in [-0.2, -0.15) is 0 Å². The number of amides is 1. The molecule has 2 N–H and O–H groups in total. The standard InChI is InChI=1S/C26H28FN5O4S/c27-18-14-17-22(34)21(25(35)28-7-9-30-8-3-4-16(30)15-33)26-32(19-5-1-2-6-20(19)37-26)23(17)29-24(18)31-10-12-36-13-11-31/h1-2,5-6,14,16,33H,3-4,7-13,15H2,(H,28,35)/t16-/m1/s1. The number of pyridine rings is 2. The van der Waals surface area contributed by atoms with E-state index >= 15 is 4.39 Å². The van der Waals surface area contributed by atoms with E-state index in [0.29, 0.717) is 49.9 Å². The molecule has 2 saturated heterocycles. The number of aromatic nitrogens is 2. The number of morpholine rings is 1. The van der Waals surface area contributed by atoms with E-state index in [4.69, 9.17) is 4.74 Å². The normalized spacial score (nSPS) is 18.9. The number of carbonyl (C=O) groups excluding carboxylic acids is 1. The Morgan fingerprint density at radius 3 is 2.86 bits per heavy atom. The van der Waals surface area contributed by atoms with E-state index in [-0.39, 0.29) is 29.4 Å². The van der Waals surface area contributed by atoms with Crippen molar-refractivity contribution in [2.45, 2.75) is 18.9 Å². The van der Waals surface area contributed by atoms with Crippen molar-refractivity contribution in [1.82, 2.24) is 19.6 Å². The van der Waals surface area contributed by atoms with E-state index in [0.717, 1.165) is 29.6 Å². The number of likely N-dealkylation sites (tertiary alicyclic amines) is 1. The topological polar surface area (TPSA) is 99.4 Å². The minimum absolute atomic E-state index is 0.00541. The summed E-state index contributed by atoms with van der Waals surface area (Å²) in [5, 5.41) is 12.5. The molecule has 3 aromatic heterocycles. The van der Waals surface area contributed by atoms with Crippen LogP contribution in [0.3, 0.4) is 0 Å². The first kappa shape index (κ1) is 24.2. The summed E-state index contributed by atoms with van der Waals surface area (Å²) in [6.07, 6.45) is 1.95. The number of aliphatic hydroxyl groups is 1. The monoisotopic (exact) mass is 525 g/mol. The number of aliphatic hydroxyl groups excluding tert-OH is 1. The van der Waals surface area contributed by atoms with Crippen molar-refractivity contribution in [2.24, 2.45) is 0 Å². The van der Waals surface area contributed by atoms with Crippen LogP contribution in [0.5, 0.6) is 0 Å². The molecule has 9 nitrogen and oxygen atoms in total. The predicted octanol–water partition coefficient (Wildman–Crippen LogP) is 2.22. The number of thiazole rings is 1. The summed E-state index contributed by atoms with van der Waals surface area (Å²) >= 11 is 1.35. The predicted molar refractivity (Wildman–Crippen MR) is 141 cm³/mol. The van der Waals surface area contributed by atoms with E-state index in [1.165, 1.54) is 17.4 Å². The Balaban J connectivity index is 1.45. The number of ether oxygens (including phenoxy) is 1. The van der Waals surface area contributed by atoms with Gasteiger partial charge in [0.1, 0.15) is 10.4 Å². The van der Waals surface area contributed by atoms with Crippen molar-refractivity contribution >= 4 is 49.1 Å². The lowest BCUT2D eigenvalue weighted by molar-refractivity contribution is 0.0943. The van der Waals surface area contributed by atoms with Crippen molar-refractivity contribution in [3.05, 3.63) is 51.9 Å². The van der Waals surface area contributed by atoms with Crippen LogP contribution in [0.4, 0.5) is 10.2 Å². The average Bonchev–Trinajstić information content (AvgIpc) is 3.53. The number of hydrogen-bond acceptors (Lipinski definition) is 8. The highest BCUT2D eigenvalue weighted by Gasteiger charge is 2.27. The number of fused-ring (bicyclic) bond motifs is 5. The molecule has 6 rings (SSSR count). The SMILES string of the molecule is O=C(NCCN1CCC[C@@H]1CO)c1c(=O)c2cc(F)c(N3CCOCC3)nc2n2c1sc1ccccc12. The van der Waals surface area contributed by atoms with Gasteiger partial charge in [-0.05, 0) is 37.6 Å². The van der Waals surface area contributed by atoms with E-state index < -0.39 is 17.2 Å². The summed E-state index contributed by atoms with van der Waals surface area (Å²) in [7, 11) is 0. The second kappa shape index (κ2) is 9.97. The molecule has 2 aliphatic heterocycles. The van der Waals surface area contributed by atoms with Gasteiger partial charge in [0.2, 0.25) is 5.43 Å². The van der Waals surface area contributed by atoms with Crippen molar-refractivity contribution in [3.63, 3.8) is 0 Å². The molecule has 1 aromatic carbocycles. The van der Waals surface area contributed by atoms with Crippen LogP contribution in [0, 0.1) is 5.82 Å². The van der Waals surface area contributed by atoms with Crippen LogP contribution in [0.15, 0.2) is 35.1 Å². The van der Waals surface area contributed by atoms with E-state index in [1.54, 1.807) is 4.40 Å². The number of anilines is 1. The van der Waals surface area contributed by atoms with E-state index in [9.17, 15) is 14.7 Å². The van der Waals surface area contributed by atoms with Crippen LogP contribution < -0.4 is 15.6 Å². The van der Waals surface area contributed by atoms with Crippen LogP contribution in [-0.4, -0.2) is 83.9 Å². The molecule has 37 heavy (non-hydrogen) atoms. The number of nitrogens with one attached hydrogen (secondary N) is 1. The lowest BCUT2D eigenvalue weighted by Gasteiger charge is -2.28. The second-order valence-corrected chi connectivity index (χ2v) is 10.5. The first-order valence-corrected chi connectivity index (χ1v) is 13.4. The van der Waals surface area contributed by atoms with Gasteiger partial charge in [-0.1, -0.05) is 12.1 Å². The third-order valence-corrected chi connectivity index (χ3v) is 8.43. The summed E-state index contributed by atoms with van der Waals surface area (Å²) in [5.41, 5.74) is 0.596. The molecular weight excluding hydrogens is 497 g/mol. The third kappa shape index (κ3) is 4.25. The number of halogens is 1. The van der Waals surface area contributed by atoms with Gasteiger partial charge in [0.25, 0.3) is 5.91 Å². The summed E-state index contributed by atoms with van der Waals surface area (Å²) < 4.78 is 23.4. The average molecular weight is 526 g/mol. The van der Waals surface area contributed by atoms with Crippen LogP contribution in [0.25, 0.3) is 26.1 Å². The maximum Gasteiger partial charge on any atom is 0.258 e. The molecule has 2 fully saturated rings. The Kier molecular flexibility index (Phi) is 6.53. The molecule has 0 bridgehead atoms. The zero-order valence-electron chi connectivity index (χ0n) is 20.3. The zero-order valence-corrected chi connectivity index (χ0v) is 21.1. The first-order valence-electron chi connectivity index (χ1n) is 12.6. The Morgan fingerprint density at radius 2 is 2.05 bits per heavy atom. The van der Waals surface area contributed by atoms with E-state index in [1.807, 2.05) is 29.2 Å². The second-order valence-electron chi connectivity index (χ2n) is 9.45. The Labute approximate surface area is 216 Å². The summed E-state index contributed by atoms with van der Waals surface area (Å²) in [6, 6.07) is 8.94.